The molecule has 1 aliphatic heterocycles. The predicted octanol–water partition coefficient (Wildman–Crippen LogP) is 4.64. The van der Waals surface area contributed by atoms with Crippen LogP contribution in [0.1, 0.15) is 39.7 Å². The highest BCUT2D eigenvalue weighted by atomic mass is 32.2. The molecular weight excluding hydrogens is 476 g/mol. The predicted molar refractivity (Wildman–Crippen MR) is 141 cm³/mol. The quantitative estimate of drug-likeness (QED) is 0.295. The van der Waals surface area contributed by atoms with Crippen LogP contribution in [0.5, 0.6) is 0 Å². The SMILES string of the molecule is CSc1ncc2cc(-c3ccc4ncn(C)c4c3)c(=O)n(C3CCN(C(=O)OC(C)(C)C)CC3)c2n1. The molecule has 0 bridgehead atoms. The number of carbonyl (C=O) groups excluding carboxylic acids is 1. The molecular formula is C26H30N6O3S. The van der Waals surface area contributed by atoms with E-state index in [0.29, 0.717) is 42.3 Å². The Kier molecular flexibility index (Phi) is 6.23. The number of amides is 1. The lowest BCUT2D eigenvalue weighted by atomic mass is 10.0. The van der Waals surface area contributed by atoms with Gasteiger partial charge in [-0.1, -0.05) is 17.8 Å². The normalized spacial score (nSPS) is 15.1. The highest BCUT2D eigenvalue weighted by Crippen LogP contribution is 2.29. The first kappa shape index (κ1) is 24.3. The van der Waals surface area contributed by atoms with Gasteiger partial charge < -0.3 is 14.2 Å². The second kappa shape index (κ2) is 9.24. The summed E-state index contributed by atoms with van der Waals surface area (Å²) in [5.41, 5.74) is 3.25. The fraction of sp³-hybridized carbons (Fsp3) is 0.423. The van der Waals surface area contributed by atoms with Crippen molar-refractivity contribution in [3.8, 4) is 11.1 Å². The minimum atomic E-state index is -0.546. The maximum atomic E-state index is 14.0. The van der Waals surface area contributed by atoms with E-state index in [1.54, 1.807) is 17.4 Å². The van der Waals surface area contributed by atoms with E-state index in [1.807, 2.05) is 67.5 Å². The molecule has 36 heavy (non-hydrogen) atoms. The number of piperidine rings is 1. The van der Waals surface area contributed by atoms with Crippen molar-refractivity contribution in [2.24, 2.45) is 7.05 Å². The summed E-state index contributed by atoms with van der Waals surface area (Å²) in [6, 6.07) is 7.66. The number of pyridine rings is 1. The Morgan fingerprint density at radius 1 is 1.14 bits per heavy atom. The third-order valence-corrected chi connectivity index (χ3v) is 7.01. The Labute approximate surface area is 213 Å². The zero-order valence-corrected chi connectivity index (χ0v) is 22.0. The summed E-state index contributed by atoms with van der Waals surface area (Å²) < 4.78 is 9.30. The minimum absolute atomic E-state index is 0.0921. The van der Waals surface area contributed by atoms with Crippen molar-refractivity contribution in [3.05, 3.63) is 47.1 Å². The van der Waals surface area contributed by atoms with Crippen LogP contribution in [0, 0.1) is 0 Å². The number of hydrogen-bond acceptors (Lipinski definition) is 7. The minimum Gasteiger partial charge on any atom is -0.444 e. The lowest BCUT2D eigenvalue weighted by Gasteiger charge is -2.34. The smallest absolute Gasteiger partial charge is 0.410 e. The molecule has 0 spiro atoms. The molecule has 0 saturated carbocycles. The van der Waals surface area contributed by atoms with Crippen LogP contribution >= 0.6 is 11.8 Å². The molecule has 1 fully saturated rings. The Morgan fingerprint density at radius 2 is 1.89 bits per heavy atom. The molecule has 0 radical (unpaired) electrons. The van der Waals surface area contributed by atoms with E-state index < -0.39 is 5.60 Å². The van der Waals surface area contributed by atoms with Crippen LogP contribution in [0.3, 0.4) is 0 Å². The van der Waals surface area contributed by atoms with Crippen LogP contribution in [0.25, 0.3) is 33.2 Å². The number of carbonyl (C=O) groups is 1. The molecule has 5 rings (SSSR count). The molecule has 4 aromatic rings. The van der Waals surface area contributed by atoms with Crippen LogP contribution in [-0.2, 0) is 11.8 Å². The Morgan fingerprint density at radius 3 is 2.58 bits per heavy atom. The number of rotatable bonds is 3. The number of nitrogens with zero attached hydrogens (tertiary/aromatic N) is 6. The fourth-order valence-corrected chi connectivity index (χ4v) is 5.01. The van der Waals surface area contributed by atoms with Crippen LogP contribution in [0.4, 0.5) is 4.79 Å². The van der Waals surface area contributed by atoms with Crippen molar-refractivity contribution in [2.75, 3.05) is 19.3 Å². The zero-order chi connectivity index (χ0) is 25.6. The van der Waals surface area contributed by atoms with Gasteiger partial charge in [-0.3, -0.25) is 9.36 Å². The average molecular weight is 507 g/mol. The summed E-state index contributed by atoms with van der Waals surface area (Å²) in [6.45, 7) is 6.61. The van der Waals surface area contributed by atoms with Gasteiger partial charge in [-0.05, 0) is 63.6 Å². The molecule has 1 aromatic carbocycles. The molecule has 0 atom stereocenters. The summed E-state index contributed by atoms with van der Waals surface area (Å²) in [6.07, 6.45) is 6.42. The maximum Gasteiger partial charge on any atom is 0.410 e. The van der Waals surface area contributed by atoms with Gasteiger partial charge in [0.2, 0.25) is 0 Å². The van der Waals surface area contributed by atoms with Crippen molar-refractivity contribution < 1.29 is 9.53 Å². The van der Waals surface area contributed by atoms with Crippen LogP contribution in [0.2, 0.25) is 0 Å². The van der Waals surface area contributed by atoms with Gasteiger partial charge >= 0.3 is 6.09 Å². The van der Waals surface area contributed by atoms with E-state index in [2.05, 4.69) is 9.97 Å². The van der Waals surface area contributed by atoms with Crippen molar-refractivity contribution in [3.63, 3.8) is 0 Å². The van der Waals surface area contributed by atoms with Gasteiger partial charge in [0, 0.05) is 43.3 Å². The molecule has 4 heterocycles. The third kappa shape index (κ3) is 4.57. The number of hydrogen-bond donors (Lipinski definition) is 0. The first-order chi connectivity index (χ1) is 17.1. The first-order valence-electron chi connectivity index (χ1n) is 12.0. The molecule has 9 nitrogen and oxygen atoms in total. The standard InChI is InChI=1S/C26H30N6O3S/c1-26(2,3)35-25(34)31-10-8-18(9-11-31)32-22-17(14-27-24(29-22)36-5)12-19(23(32)33)16-6-7-20-21(13-16)30(4)15-28-20/h6-7,12-15,18H,8-11H2,1-5H3. The molecule has 1 aliphatic rings. The number of thioether (sulfide) groups is 1. The van der Waals surface area contributed by atoms with E-state index >= 15 is 0 Å². The third-order valence-electron chi connectivity index (χ3n) is 6.45. The molecule has 1 amide bonds. The molecule has 10 heteroatoms. The van der Waals surface area contributed by atoms with Gasteiger partial charge in [-0.25, -0.2) is 19.7 Å². The summed E-state index contributed by atoms with van der Waals surface area (Å²) in [4.78, 5) is 41.9. The number of likely N-dealkylation sites (tertiary alicyclic amines) is 1. The lowest BCUT2D eigenvalue weighted by Crippen LogP contribution is -2.43. The number of aryl methyl sites for hydroxylation is 1. The second-order valence-electron chi connectivity index (χ2n) is 10.1. The summed E-state index contributed by atoms with van der Waals surface area (Å²) in [5, 5.41) is 1.42. The van der Waals surface area contributed by atoms with Crippen molar-refractivity contribution >= 4 is 39.9 Å². The van der Waals surface area contributed by atoms with Crippen LogP contribution in [0.15, 0.2) is 46.7 Å². The van der Waals surface area contributed by atoms with Crippen molar-refractivity contribution in [2.45, 2.75) is 50.4 Å². The van der Waals surface area contributed by atoms with E-state index in [9.17, 15) is 9.59 Å². The molecule has 3 aromatic heterocycles. The molecule has 0 N–H and O–H groups in total. The Hall–Kier alpha value is -3.40. The van der Waals surface area contributed by atoms with Gasteiger partial charge in [0.25, 0.3) is 5.56 Å². The van der Waals surface area contributed by atoms with Crippen LogP contribution in [-0.4, -0.2) is 60.0 Å². The lowest BCUT2D eigenvalue weighted by molar-refractivity contribution is 0.0188. The zero-order valence-electron chi connectivity index (χ0n) is 21.2. The van der Waals surface area contributed by atoms with E-state index in [0.717, 1.165) is 22.0 Å². The summed E-state index contributed by atoms with van der Waals surface area (Å²) >= 11 is 1.44. The number of aromatic nitrogens is 5. The van der Waals surface area contributed by atoms with Gasteiger partial charge in [0.05, 0.1) is 17.4 Å². The van der Waals surface area contributed by atoms with Gasteiger partial charge in [-0.15, -0.1) is 0 Å². The molecule has 0 aliphatic carbocycles. The second-order valence-corrected chi connectivity index (χ2v) is 10.9. The maximum absolute atomic E-state index is 14.0. The van der Waals surface area contributed by atoms with Crippen LogP contribution < -0.4 is 5.56 Å². The largest absolute Gasteiger partial charge is 0.444 e. The number of fused-ring (bicyclic) bond motifs is 2. The molecule has 1 saturated heterocycles. The first-order valence-corrected chi connectivity index (χ1v) is 13.2. The topological polar surface area (TPSA) is 95.1 Å². The monoisotopic (exact) mass is 506 g/mol. The number of imidazole rings is 1. The fourth-order valence-electron chi connectivity index (χ4n) is 4.68. The summed E-state index contributed by atoms with van der Waals surface area (Å²) in [5.74, 6) is 0. The van der Waals surface area contributed by atoms with Gasteiger partial charge in [-0.2, -0.15) is 0 Å². The Bertz CT molecular complexity index is 1510. The highest BCUT2D eigenvalue weighted by Gasteiger charge is 2.29. The van der Waals surface area contributed by atoms with Crippen molar-refractivity contribution in [1.82, 2.24) is 29.0 Å². The van der Waals surface area contributed by atoms with E-state index in [-0.39, 0.29) is 17.7 Å². The van der Waals surface area contributed by atoms with E-state index in [4.69, 9.17) is 9.72 Å². The number of ether oxygens (including phenoxy) is 1. The number of benzene rings is 1. The van der Waals surface area contributed by atoms with Gasteiger partial charge in [0.15, 0.2) is 5.16 Å². The highest BCUT2D eigenvalue weighted by molar-refractivity contribution is 7.98. The molecule has 0 unspecified atom stereocenters. The van der Waals surface area contributed by atoms with Crippen molar-refractivity contribution in [1.29, 1.82) is 0 Å². The average Bonchev–Trinajstić information content (AvgIpc) is 3.22. The molecule has 188 valence electrons. The Balaban J connectivity index is 1.57. The summed E-state index contributed by atoms with van der Waals surface area (Å²) in [7, 11) is 1.94. The van der Waals surface area contributed by atoms with E-state index in [1.165, 1.54) is 11.8 Å². The van der Waals surface area contributed by atoms with Gasteiger partial charge in [0.1, 0.15) is 11.2 Å².